The summed E-state index contributed by atoms with van der Waals surface area (Å²) in [7, 11) is 0. The van der Waals surface area contributed by atoms with E-state index >= 15 is 0 Å². The third kappa shape index (κ3) is 4.35. The van der Waals surface area contributed by atoms with Gasteiger partial charge in [-0.3, -0.25) is 4.79 Å². The van der Waals surface area contributed by atoms with Crippen LogP contribution in [0.3, 0.4) is 0 Å². The molecule has 5 nitrogen and oxygen atoms in total. The lowest BCUT2D eigenvalue weighted by atomic mass is 10.0. The van der Waals surface area contributed by atoms with Crippen LogP contribution in [0.1, 0.15) is 38.5 Å². The summed E-state index contributed by atoms with van der Waals surface area (Å²) in [6.07, 6.45) is 9.94. The molecule has 1 fully saturated rings. The van der Waals surface area contributed by atoms with E-state index in [-0.39, 0.29) is 17.6 Å². The van der Waals surface area contributed by atoms with Gasteiger partial charge < -0.3 is 10.2 Å². The maximum absolute atomic E-state index is 12.2. The van der Waals surface area contributed by atoms with Gasteiger partial charge in [0.25, 0.3) is 0 Å². The van der Waals surface area contributed by atoms with Crippen LogP contribution in [0.5, 0.6) is 0 Å². The number of hydrogen-bond acceptors (Lipinski definition) is 4. The maximum atomic E-state index is 12.2. The third-order valence-corrected chi connectivity index (χ3v) is 4.71. The van der Waals surface area contributed by atoms with E-state index in [1.807, 2.05) is 6.07 Å². The van der Waals surface area contributed by atoms with Crippen LogP contribution < -0.4 is 10.2 Å². The first-order chi connectivity index (χ1) is 11.7. The molecule has 1 saturated heterocycles. The van der Waals surface area contributed by atoms with Crippen molar-refractivity contribution in [1.82, 2.24) is 5.32 Å². The summed E-state index contributed by atoms with van der Waals surface area (Å²) < 4.78 is 0. The summed E-state index contributed by atoms with van der Waals surface area (Å²) in [6.45, 7) is 1.91. The Morgan fingerprint density at radius 1 is 1.33 bits per heavy atom. The van der Waals surface area contributed by atoms with Gasteiger partial charge in [-0.25, -0.2) is 0 Å². The molecule has 1 unspecified atom stereocenters. The fraction of sp³-hybridized carbons (Fsp3) is 0.526. The fourth-order valence-corrected chi connectivity index (χ4v) is 3.25. The summed E-state index contributed by atoms with van der Waals surface area (Å²) in [5, 5.41) is 11.3. The van der Waals surface area contributed by atoms with Crippen molar-refractivity contribution in [3.63, 3.8) is 0 Å². The highest BCUT2D eigenvalue weighted by Crippen LogP contribution is 2.37. The zero-order valence-electron chi connectivity index (χ0n) is 13.9. The Bertz CT molecular complexity index is 629. The number of nitrogens with zero attached hydrogens (tertiary/aromatic N) is 3. The van der Waals surface area contributed by atoms with Crippen molar-refractivity contribution in [2.24, 2.45) is 10.2 Å². The van der Waals surface area contributed by atoms with E-state index in [0.717, 1.165) is 32.4 Å². The standard InChI is InChI=1S/C19H24N4O/c1-2-3-12-19(21-22-19)13-11-18(24)20-16-8-7-14-23(15-16)17-9-5-4-6-10-17/h1,4-6,9-10,16H,3,7-8,11-15H2,(H,20,24). The first kappa shape index (κ1) is 16.5. The normalized spacial score (nSPS) is 21.1. The van der Waals surface area contributed by atoms with E-state index in [4.69, 9.17) is 6.42 Å². The summed E-state index contributed by atoms with van der Waals surface area (Å²) in [4.78, 5) is 14.6. The van der Waals surface area contributed by atoms with Gasteiger partial charge in [0.1, 0.15) is 0 Å². The zero-order valence-corrected chi connectivity index (χ0v) is 13.9. The summed E-state index contributed by atoms with van der Waals surface area (Å²) >= 11 is 0. The first-order valence-electron chi connectivity index (χ1n) is 8.68. The zero-order chi connectivity index (χ0) is 16.8. The average molecular weight is 324 g/mol. The van der Waals surface area contributed by atoms with Gasteiger partial charge in [-0.1, -0.05) is 18.2 Å². The van der Waals surface area contributed by atoms with Gasteiger partial charge >= 0.3 is 0 Å². The molecule has 3 rings (SSSR count). The SMILES string of the molecule is C#CCCC1(CCC(=O)NC2CCCN(c3ccccc3)C2)N=N1. The van der Waals surface area contributed by atoms with E-state index in [0.29, 0.717) is 19.3 Å². The predicted molar refractivity (Wildman–Crippen MR) is 94.7 cm³/mol. The van der Waals surface area contributed by atoms with Gasteiger partial charge in [-0.05, 0) is 25.0 Å². The van der Waals surface area contributed by atoms with Crippen molar-refractivity contribution < 1.29 is 4.79 Å². The predicted octanol–water partition coefficient (Wildman–Crippen LogP) is 3.13. The number of para-hydroxylation sites is 1. The van der Waals surface area contributed by atoms with Gasteiger partial charge in [0, 0.05) is 50.5 Å². The van der Waals surface area contributed by atoms with E-state index in [2.05, 4.69) is 50.6 Å². The monoisotopic (exact) mass is 324 g/mol. The third-order valence-electron chi connectivity index (χ3n) is 4.71. The Morgan fingerprint density at radius 2 is 2.12 bits per heavy atom. The van der Waals surface area contributed by atoms with Crippen molar-refractivity contribution in [1.29, 1.82) is 0 Å². The lowest BCUT2D eigenvalue weighted by Gasteiger charge is -2.34. The molecule has 24 heavy (non-hydrogen) atoms. The van der Waals surface area contributed by atoms with Crippen LogP contribution in [-0.2, 0) is 4.79 Å². The van der Waals surface area contributed by atoms with Crippen molar-refractivity contribution in [3.05, 3.63) is 30.3 Å². The number of carbonyl (C=O) groups excluding carboxylic acids is 1. The lowest BCUT2D eigenvalue weighted by Crippen LogP contribution is -2.48. The number of amides is 1. The van der Waals surface area contributed by atoms with Gasteiger partial charge in [0.2, 0.25) is 5.91 Å². The quantitative estimate of drug-likeness (QED) is 0.783. The summed E-state index contributed by atoms with van der Waals surface area (Å²) in [5.41, 5.74) is 0.854. The van der Waals surface area contributed by atoms with Gasteiger partial charge in [0.15, 0.2) is 5.66 Å². The number of nitrogens with one attached hydrogen (secondary N) is 1. The van der Waals surface area contributed by atoms with E-state index in [9.17, 15) is 4.79 Å². The van der Waals surface area contributed by atoms with Crippen LogP contribution in [0, 0.1) is 12.3 Å². The van der Waals surface area contributed by atoms with Crippen LogP contribution in [0.25, 0.3) is 0 Å². The number of rotatable bonds is 7. The average Bonchev–Trinajstić information content (AvgIpc) is 3.40. The summed E-state index contributed by atoms with van der Waals surface area (Å²) in [5.74, 6) is 2.70. The molecule has 1 N–H and O–H groups in total. The molecule has 0 radical (unpaired) electrons. The molecule has 0 saturated carbocycles. The molecule has 0 aliphatic carbocycles. The molecule has 0 bridgehead atoms. The largest absolute Gasteiger partial charge is 0.369 e. The molecule has 2 heterocycles. The van der Waals surface area contributed by atoms with Crippen molar-refractivity contribution in [3.8, 4) is 12.3 Å². The molecular formula is C19H24N4O. The van der Waals surface area contributed by atoms with Crippen LogP contribution in [-0.4, -0.2) is 30.7 Å². The van der Waals surface area contributed by atoms with Crippen LogP contribution in [0.15, 0.2) is 40.6 Å². The molecule has 126 valence electrons. The van der Waals surface area contributed by atoms with Crippen molar-refractivity contribution in [2.45, 2.75) is 50.2 Å². The summed E-state index contributed by atoms with van der Waals surface area (Å²) in [6, 6.07) is 10.6. The number of terminal acetylenes is 1. The molecule has 5 heteroatoms. The second-order valence-corrected chi connectivity index (χ2v) is 6.57. The number of benzene rings is 1. The van der Waals surface area contributed by atoms with Crippen LogP contribution in [0.4, 0.5) is 5.69 Å². The van der Waals surface area contributed by atoms with Gasteiger partial charge in [0.05, 0.1) is 0 Å². The van der Waals surface area contributed by atoms with E-state index in [1.54, 1.807) is 0 Å². The molecule has 0 aromatic heterocycles. The maximum Gasteiger partial charge on any atom is 0.220 e. The van der Waals surface area contributed by atoms with E-state index < -0.39 is 0 Å². The van der Waals surface area contributed by atoms with Gasteiger partial charge in [-0.2, -0.15) is 10.2 Å². The highest BCUT2D eigenvalue weighted by atomic mass is 16.1. The molecule has 2 aliphatic rings. The second kappa shape index (κ2) is 7.48. The Morgan fingerprint density at radius 3 is 2.83 bits per heavy atom. The van der Waals surface area contributed by atoms with Crippen molar-refractivity contribution in [2.75, 3.05) is 18.0 Å². The number of hydrogen-bond donors (Lipinski definition) is 1. The molecule has 1 aromatic carbocycles. The molecule has 1 atom stereocenters. The minimum Gasteiger partial charge on any atom is -0.369 e. The highest BCUT2D eigenvalue weighted by molar-refractivity contribution is 5.76. The smallest absolute Gasteiger partial charge is 0.220 e. The number of piperidine rings is 1. The molecular weight excluding hydrogens is 300 g/mol. The topological polar surface area (TPSA) is 57.1 Å². The van der Waals surface area contributed by atoms with E-state index in [1.165, 1.54) is 5.69 Å². The molecule has 2 aliphatic heterocycles. The van der Waals surface area contributed by atoms with Crippen molar-refractivity contribution >= 4 is 11.6 Å². The van der Waals surface area contributed by atoms with Crippen LogP contribution in [0.2, 0.25) is 0 Å². The minimum atomic E-state index is -0.369. The Balaban J connectivity index is 1.44. The fourth-order valence-electron chi connectivity index (χ4n) is 3.25. The lowest BCUT2D eigenvalue weighted by molar-refractivity contribution is -0.122. The number of carbonyl (C=O) groups is 1. The number of anilines is 1. The van der Waals surface area contributed by atoms with Gasteiger partial charge in [-0.15, -0.1) is 12.3 Å². The Hall–Kier alpha value is -2.35. The molecule has 0 spiro atoms. The minimum absolute atomic E-state index is 0.0901. The Labute approximate surface area is 143 Å². The van der Waals surface area contributed by atoms with Crippen LogP contribution >= 0.6 is 0 Å². The molecule has 1 amide bonds. The molecule has 1 aromatic rings. The highest BCUT2D eigenvalue weighted by Gasteiger charge is 2.39. The Kier molecular flexibility index (Phi) is 5.14. The second-order valence-electron chi connectivity index (χ2n) is 6.57. The first-order valence-corrected chi connectivity index (χ1v) is 8.68.